The molecule has 5 aromatic rings. The lowest BCUT2D eigenvalue weighted by Crippen LogP contribution is -2.34. The van der Waals surface area contributed by atoms with Crippen LogP contribution in [0, 0.1) is 0 Å². The first kappa shape index (κ1) is 25.5. The van der Waals surface area contributed by atoms with E-state index in [0.29, 0.717) is 39.9 Å². The monoisotopic (exact) mass is 525 g/mol. The van der Waals surface area contributed by atoms with Crippen molar-refractivity contribution in [2.45, 2.75) is 26.4 Å². The molecule has 39 heavy (non-hydrogen) atoms. The molecule has 1 amide bonds. The summed E-state index contributed by atoms with van der Waals surface area (Å²) in [6.07, 6.45) is 2.42. The molecule has 0 aliphatic rings. The summed E-state index contributed by atoms with van der Waals surface area (Å²) in [5.74, 6) is 1.15. The van der Waals surface area contributed by atoms with Gasteiger partial charge in [0.25, 0.3) is 0 Å². The van der Waals surface area contributed by atoms with Crippen molar-refractivity contribution in [1.82, 2.24) is 24.1 Å². The van der Waals surface area contributed by atoms with Crippen LogP contribution in [0.1, 0.15) is 20.8 Å². The van der Waals surface area contributed by atoms with Gasteiger partial charge in [-0.25, -0.2) is 29.1 Å². The molecule has 0 spiro atoms. The Morgan fingerprint density at radius 2 is 1.69 bits per heavy atom. The van der Waals surface area contributed by atoms with Crippen molar-refractivity contribution in [2.24, 2.45) is 0 Å². The summed E-state index contributed by atoms with van der Waals surface area (Å²) in [6, 6.07) is 19.3. The highest BCUT2D eigenvalue weighted by Crippen LogP contribution is 2.27. The van der Waals surface area contributed by atoms with Crippen molar-refractivity contribution in [3.05, 3.63) is 89.7 Å². The fraction of sp³-hybridized carbons (Fsp3) is 0.179. The minimum Gasteiger partial charge on any atom is -0.443 e. The Morgan fingerprint density at radius 1 is 0.923 bits per heavy atom. The highest BCUT2D eigenvalue weighted by Gasteiger charge is 2.23. The summed E-state index contributed by atoms with van der Waals surface area (Å²) >= 11 is 0. The number of nitrogens with two attached hydrogens (primary N) is 1. The van der Waals surface area contributed by atoms with Crippen LogP contribution < -0.4 is 21.1 Å². The molecule has 0 aliphatic carbocycles. The molecule has 11 nitrogen and oxygen atoms in total. The molecule has 0 aliphatic heterocycles. The number of amides is 1. The number of carbonyl (C=O) groups is 1. The number of nitrogens with zero attached hydrogens (tertiary/aromatic N) is 6. The number of nitrogen functional groups attached to an aromatic ring is 1. The number of anilines is 2. The number of pyridine rings is 1. The van der Waals surface area contributed by atoms with Crippen LogP contribution in [0.2, 0.25) is 0 Å². The van der Waals surface area contributed by atoms with Gasteiger partial charge in [0.05, 0.1) is 11.4 Å². The standard InChI is InChI=1S/C28H27N7O4/c1-28(2,3)39-27(37)33(4)19-8-7-9-20(16-19)35-25-23(24(29)31-17-32-25)34(26(35)36)18-11-13-21(14-12-18)38-22-10-5-6-15-30-22/h5-17H,1-4H3,(H2,29,31,32). The number of aromatic nitrogens is 5. The molecule has 0 bridgehead atoms. The maximum atomic E-state index is 13.9. The average molecular weight is 526 g/mol. The molecule has 11 heteroatoms. The van der Waals surface area contributed by atoms with Crippen LogP contribution in [-0.4, -0.2) is 42.8 Å². The zero-order chi connectivity index (χ0) is 27.7. The van der Waals surface area contributed by atoms with Crippen molar-refractivity contribution in [3.8, 4) is 23.0 Å². The van der Waals surface area contributed by atoms with E-state index in [9.17, 15) is 9.59 Å². The molecule has 5 rings (SSSR count). The molecule has 0 saturated heterocycles. The van der Waals surface area contributed by atoms with E-state index in [1.54, 1.807) is 94.7 Å². The lowest BCUT2D eigenvalue weighted by Gasteiger charge is -2.25. The zero-order valence-corrected chi connectivity index (χ0v) is 21.9. The number of carbonyl (C=O) groups excluding carboxylic acids is 1. The largest absolute Gasteiger partial charge is 0.443 e. The third kappa shape index (κ3) is 5.14. The molecule has 0 unspecified atom stereocenters. The second-order valence-corrected chi connectivity index (χ2v) is 9.71. The number of rotatable bonds is 5. The Hall–Kier alpha value is -5.19. The highest BCUT2D eigenvalue weighted by atomic mass is 16.6. The second-order valence-electron chi connectivity index (χ2n) is 9.71. The highest BCUT2D eigenvalue weighted by molar-refractivity contribution is 5.88. The van der Waals surface area contributed by atoms with Gasteiger partial charge < -0.3 is 15.2 Å². The van der Waals surface area contributed by atoms with E-state index in [2.05, 4.69) is 15.0 Å². The van der Waals surface area contributed by atoms with Crippen LogP contribution >= 0.6 is 0 Å². The van der Waals surface area contributed by atoms with E-state index in [1.807, 2.05) is 6.07 Å². The number of imidazole rings is 1. The number of benzene rings is 2. The summed E-state index contributed by atoms with van der Waals surface area (Å²) in [7, 11) is 1.61. The number of hydrogen-bond acceptors (Lipinski definition) is 8. The molecule has 2 aromatic carbocycles. The van der Waals surface area contributed by atoms with Crippen molar-refractivity contribution < 1.29 is 14.3 Å². The predicted molar refractivity (Wildman–Crippen MR) is 148 cm³/mol. The van der Waals surface area contributed by atoms with Crippen molar-refractivity contribution >= 4 is 28.8 Å². The lowest BCUT2D eigenvalue weighted by molar-refractivity contribution is 0.0589. The first-order chi connectivity index (χ1) is 18.6. The number of ether oxygens (including phenoxy) is 2. The molecular formula is C28H27N7O4. The summed E-state index contributed by atoms with van der Waals surface area (Å²) < 4.78 is 14.1. The predicted octanol–water partition coefficient (Wildman–Crippen LogP) is 4.71. The average Bonchev–Trinajstić information content (AvgIpc) is 3.21. The second kappa shape index (κ2) is 9.93. The van der Waals surface area contributed by atoms with E-state index in [0.717, 1.165) is 0 Å². The maximum absolute atomic E-state index is 13.9. The van der Waals surface area contributed by atoms with Gasteiger partial charge in [-0.2, -0.15) is 0 Å². The van der Waals surface area contributed by atoms with Crippen molar-refractivity contribution in [2.75, 3.05) is 17.7 Å². The van der Waals surface area contributed by atoms with E-state index in [1.165, 1.54) is 20.4 Å². The fourth-order valence-electron chi connectivity index (χ4n) is 3.99. The quantitative estimate of drug-likeness (QED) is 0.349. The van der Waals surface area contributed by atoms with E-state index < -0.39 is 17.4 Å². The zero-order valence-electron chi connectivity index (χ0n) is 21.9. The van der Waals surface area contributed by atoms with Crippen molar-refractivity contribution in [3.63, 3.8) is 0 Å². The first-order valence-electron chi connectivity index (χ1n) is 12.1. The van der Waals surface area contributed by atoms with Crippen LogP contribution in [-0.2, 0) is 4.74 Å². The molecule has 0 radical (unpaired) electrons. The van der Waals surface area contributed by atoms with Gasteiger partial charge in [-0.1, -0.05) is 12.1 Å². The first-order valence-corrected chi connectivity index (χ1v) is 12.1. The van der Waals surface area contributed by atoms with E-state index in [4.69, 9.17) is 15.2 Å². The third-order valence-electron chi connectivity index (χ3n) is 5.75. The SMILES string of the molecule is CN(C(=O)OC(C)(C)C)c1cccc(-n2c(=O)n(-c3ccc(Oc4ccccn4)cc3)c3c(N)ncnc32)c1. The molecule has 0 atom stereocenters. The molecule has 2 N–H and O–H groups in total. The minimum absolute atomic E-state index is 0.145. The topological polar surface area (TPSA) is 130 Å². The van der Waals surface area contributed by atoms with Crippen LogP contribution in [0.4, 0.5) is 16.3 Å². The van der Waals surface area contributed by atoms with Gasteiger partial charge >= 0.3 is 11.8 Å². The Labute approximate surface area is 224 Å². The minimum atomic E-state index is -0.653. The lowest BCUT2D eigenvalue weighted by atomic mass is 10.2. The van der Waals surface area contributed by atoms with E-state index >= 15 is 0 Å². The summed E-state index contributed by atoms with van der Waals surface area (Å²) in [4.78, 5) is 40.5. The Balaban J connectivity index is 1.57. The van der Waals surface area contributed by atoms with E-state index in [-0.39, 0.29) is 5.82 Å². The van der Waals surface area contributed by atoms with Crippen LogP contribution in [0.25, 0.3) is 22.5 Å². The van der Waals surface area contributed by atoms with Gasteiger partial charge in [-0.3, -0.25) is 9.47 Å². The third-order valence-corrected chi connectivity index (χ3v) is 5.75. The van der Waals surface area contributed by atoms with Gasteiger partial charge in [0.1, 0.15) is 23.2 Å². The fourth-order valence-corrected chi connectivity index (χ4v) is 3.99. The molecule has 0 fully saturated rings. The molecule has 3 aromatic heterocycles. The van der Waals surface area contributed by atoms with Crippen LogP contribution in [0.15, 0.2) is 84.0 Å². The van der Waals surface area contributed by atoms with Crippen LogP contribution in [0.3, 0.4) is 0 Å². The molecule has 198 valence electrons. The summed E-state index contributed by atoms with van der Waals surface area (Å²) in [5.41, 5.74) is 7.41. The smallest absolute Gasteiger partial charge is 0.414 e. The van der Waals surface area contributed by atoms with Gasteiger partial charge in [0.2, 0.25) is 5.88 Å². The molecule has 0 saturated carbocycles. The summed E-state index contributed by atoms with van der Waals surface area (Å²) in [6.45, 7) is 5.39. The van der Waals surface area contributed by atoms with Gasteiger partial charge in [0.15, 0.2) is 11.5 Å². The molecular weight excluding hydrogens is 498 g/mol. The van der Waals surface area contributed by atoms with Gasteiger partial charge in [-0.15, -0.1) is 0 Å². The summed E-state index contributed by atoms with van der Waals surface area (Å²) in [5, 5.41) is 0. The van der Waals surface area contributed by atoms with Gasteiger partial charge in [-0.05, 0) is 69.3 Å². The maximum Gasteiger partial charge on any atom is 0.414 e. The van der Waals surface area contributed by atoms with Crippen molar-refractivity contribution in [1.29, 1.82) is 0 Å². The Morgan fingerprint density at radius 3 is 2.38 bits per heavy atom. The Bertz CT molecular complexity index is 1700. The Kier molecular flexibility index (Phi) is 6.48. The van der Waals surface area contributed by atoms with Gasteiger partial charge in [0, 0.05) is 25.0 Å². The normalized spacial score (nSPS) is 11.4. The molecule has 3 heterocycles. The van der Waals surface area contributed by atoms with Crippen LogP contribution in [0.5, 0.6) is 11.6 Å². The number of hydrogen-bond donors (Lipinski definition) is 1. The number of fused-ring (bicyclic) bond motifs is 1.